The molecular formula is C9H9F3N4O3S. The number of aromatic nitrogens is 2. The number of carbonyl (C=O) groups excluding carboxylic acids is 1. The van der Waals surface area contributed by atoms with Gasteiger partial charge < -0.3 is 10.0 Å². The van der Waals surface area contributed by atoms with Crippen molar-refractivity contribution in [1.82, 2.24) is 15.1 Å². The molecule has 1 saturated heterocycles. The number of anilines is 1. The molecule has 0 aliphatic carbocycles. The van der Waals surface area contributed by atoms with E-state index in [2.05, 4.69) is 15.5 Å². The molecule has 0 radical (unpaired) electrons. The van der Waals surface area contributed by atoms with Crippen molar-refractivity contribution in [2.24, 2.45) is 5.41 Å². The first-order valence-corrected chi connectivity index (χ1v) is 6.26. The van der Waals surface area contributed by atoms with Crippen molar-refractivity contribution in [2.45, 2.75) is 12.6 Å². The van der Waals surface area contributed by atoms with Crippen molar-refractivity contribution in [3.05, 3.63) is 5.51 Å². The minimum Gasteiger partial charge on any atom is -0.481 e. The Morgan fingerprint density at radius 1 is 1.50 bits per heavy atom. The SMILES string of the molecule is O=C(Nc1nncs1)N1CCC(C(=O)O)(C(F)(F)F)C1. The van der Waals surface area contributed by atoms with Gasteiger partial charge in [0.2, 0.25) is 5.13 Å². The van der Waals surface area contributed by atoms with Crippen LogP contribution in [-0.4, -0.2) is 51.5 Å². The molecule has 1 unspecified atom stereocenters. The van der Waals surface area contributed by atoms with E-state index in [-0.39, 0.29) is 11.7 Å². The molecule has 1 atom stereocenters. The number of carboxylic acid groups (broad SMARTS) is 1. The van der Waals surface area contributed by atoms with Crippen LogP contribution in [0, 0.1) is 5.41 Å². The highest BCUT2D eigenvalue weighted by Crippen LogP contribution is 2.45. The molecule has 2 N–H and O–H groups in total. The van der Waals surface area contributed by atoms with Gasteiger partial charge in [0.05, 0.1) is 0 Å². The molecular weight excluding hydrogens is 301 g/mol. The summed E-state index contributed by atoms with van der Waals surface area (Å²) in [6, 6.07) is -0.825. The van der Waals surface area contributed by atoms with Crippen LogP contribution >= 0.6 is 11.3 Å². The van der Waals surface area contributed by atoms with Crippen LogP contribution in [0.15, 0.2) is 5.51 Å². The average Bonchev–Trinajstić information content (AvgIpc) is 2.96. The molecule has 1 aliphatic heterocycles. The van der Waals surface area contributed by atoms with Gasteiger partial charge in [-0.2, -0.15) is 13.2 Å². The van der Waals surface area contributed by atoms with Gasteiger partial charge in [0.1, 0.15) is 5.51 Å². The molecule has 0 aromatic carbocycles. The molecule has 110 valence electrons. The van der Waals surface area contributed by atoms with Crippen molar-refractivity contribution < 1.29 is 27.9 Å². The van der Waals surface area contributed by atoms with Crippen LogP contribution in [0.1, 0.15) is 6.42 Å². The zero-order valence-corrected chi connectivity index (χ0v) is 10.7. The van der Waals surface area contributed by atoms with Gasteiger partial charge in [-0.1, -0.05) is 11.3 Å². The van der Waals surface area contributed by atoms with Crippen LogP contribution in [0.25, 0.3) is 0 Å². The van der Waals surface area contributed by atoms with Gasteiger partial charge >= 0.3 is 18.2 Å². The summed E-state index contributed by atoms with van der Waals surface area (Å²) >= 11 is 1.00. The molecule has 11 heteroatoms. The summed E-state index contributed by atoms with van der Waals surface area (Å²) < 4.78 is 38.8. The molecule has 2 heterocycles. The number of hydrogen-bond donors (Lipinski definition) is 2. The summed E-state index contributed by atoms with van der Waals surface area (Å²) in [7, 11) is 0. The number of aliphatic carboxylic acids is 1. The van der Waals surface area contributed by atoms with Gasteiger partial charge in [0.25, 0.3) is 0 Å². The first-order chi connectivity index (χ1) is 9.26. The Labute approximate surface area is 114 Å². The van der Waals surface area contributed by atoms with E-state index in [0.29, 0.717) is 0 Å². The van der Waals surface area contributed by atoms with Gasteiger partial charge in [-0.25, -0.2) is 4.79 Å². The van der Waals surface area contributed by atoms with Crippen LogP contribution in [0.5, 0.6) is 0 Å². The van der Waals surface area contributed by atoms with E-state index < -0.39 is 36.6 Å². The van der Waals surface area contributed by atoms with E-state index in [4.69, 9.17) is 5.11 Å². The third-order valence-electron chi connectivity index (χ3n) is 3.08. The van der Waals surface area contributed by atoms with Crippen LogP contribution in [0.3, 0.4) is 0 Å². The Morgan fingerprint density at radius 3 is 2.65 bits per heavy atom. The zero-order chi connectivity index (χ0) is 15.0. The Hall–Kier alpha value is -1.91. The number of carboxylic acids is 1. The second-order valence-corrected chi connectivity index (χ2v) is 5.06. The number of rotatable bonds is 2. The van der Waals surface area contributed by atoms with E-state index in [0.717, 1.165) is 16.2 Å². The van der Waals surface area contributed by atoms with Crippen molar-refractivity contribution in [2.75, 3.05) is 18.4 Å². The maximum Gasteiger partial charge on any atom is 0.406 e. The molecule has 1 aliphatic rings. The lowest BCUT2D eigenvalue weighted by Crippen LogP contribution is -2.48. The predicted octanol–water partition coefficient (Wildman–Crippen LogP) is 1.41. The fourth-order valence-electron chi connectivity index (χ4n) is 1.91. The van der Waals surface area contributed by atoms with Gasteiger partial charge in [0, 0.05) is 13.1 Å². The number of urea groups is 1. The maximum atomic E-state index is 12.9. The van der Waals surface area contributed by atoms with E-state index in [9.17, 15) is 22.8 Å². The summed E-state index contributed by atoms with van der Waals surface area (Å²) in [5.74, 6) is -1.98. The van der Waals surface area contributed by atoms with Crippen molar-refractivity contribution in [3.63, 3.8) is 0 Å². The molecule has 2 rings (SSSR count). The Balaban J connectivity index is 2.11. The van der Waals surface area contributed by atoms with Gasteiger partial charge in [-0.15, -0.1) is 10.2 Å². The van der Waals surface area contributed by atoms with Crippen LogP contribution in [0.4, 0.5) is 23.1 Å². The smallest absolute Gasteiger partial charge is 0.406 e. The molecule has 0 spiro atoms. The minimum absolute atomic E-state index is 0.134. The second-order valence-electron chi connectivity index (χ2n) is 4.23. The molecule has 0 bridgehead atoms. The molecule has 1 aromatic rings. The van der Waals surface area contributed by atoms with E-state index in [1.807, 2.05) is 0 Å². The van der Waals surface area contributed by atoms with E-state index >= 15 is 0 Å². The summed E-state index contributed by atoms with van der Waals surface area (Å²) in [4.78, 5) is 23.5. The average molecular weight is 310 g/mol. The zero-order valence-electron chi connectivity index (χ0n) is 9.85. The number of carbonyl (C=O) groups is 2. The van der Waals surface area contributed by atoms with E-state index in [1.54, 1.807) is 0 Å². The van der Waals surface area contributed by atoms with Gasteiger partial charge in [-0.3, -0.25) is 10.1 Å². The topological polar surface area (TPSA) is 95.4 Å². The lowest BCUT2D eigenvalue weighted by atomic mass is 9.86. The summed E-state index contributed by atoms with van der Waals surface area (Å²) in [6.45, 7) is -1.22. The first kappa shape index (κ1) is 14.5. The van der Waals surface area contributed by atoms with Crippen LogP contribution in [-0.2, 0) is 4.79 Å². The maximum absolute atomic E-state index is 12.9. The van der Waals surface area contributed by atoms with Gasteiger partial charge in [0.15, 0.2) is 5.41 Å². The quantitative estimate of drug-likeness (QED) is 0.861. The van der Waals surface area contributed by atoms with E-state index in [1.165, 1.54) is 5.51 Å². The highest BCUT2D eigenvalue weighted by atomic mass is 32.1. The number of hydrogen-bond acceptors (Lipinski definition) is 5. The molecule has 0 saturated carbocycles. The van der Waals surface area contributed by atoms with Crippen molar-refractivity contribution >= 4 is 28.5 Å². The second kappa shape index (κ2) is 4.89. The molecule has 20 heavy (non-hydrogen) atoms. The number of nitrogens with zero attached hydrogens (tertiary/aromatic N) is 3. The number of amides is 2. The number of nitrogens with one attached hydrogen (secondary N) is 1. The fraction of sp³-hybridized carbons (Fsp3) is 0.556. The highest BCUT2D eigenvalue weighted by molar-refractivity contribution is 7.13. The summed E-state index contributed by atoms with van der Waals surface area (Å²) in [5, 5.41) is 18.2. The largest absolute Gasteiger partial charge is 0.481 e. The monoisotopic (exact) mass is 310 g/mol. The molecule has 7 nitrogen and oxygen atoms in total. The first-order valence-electron chi connectivity index (χ1n) is 5.38. The molecule has 1 aromatic heterocycles. The fourth-order valence-corrected chi connectivity index (χ4v) is 2.34. The third-order valence-corrected chi connectivity index (χ3v) is 3.69. The number of halogens is 3. The Morgan fingerprint density at radius 2 is 2.20 bits per heavy atom. The number of likely N-dealkylation sites (tertiary alicyclic amines) is 1. The highest BCUT2D eigenvalue weighted by Gasteiger charge is 2.64. The third kappa shape index (κ3) is 2.40. The molecule has 2 amide bonds. The normalized spacial score (nSPS) is 22.9. The lowest BCUT2D eigenvalue weighted by Gasteiger charge is -2.27. The van der Waals surface area contributed by atoms with Crippen molar-refractivity contribution in [1.29, 1.82) is 0 Å². The van der Waals surface area contributed by atoms with Crippen LogP contribution in [0.2, 0.25) is 0 Å². The van der Waals surface area contributed by atoms with Crippen molar-refractivity contribution in [3.8, 4) is 0 Å². The predicted molar refractivity (Wildman–Crippen MR) is 61.2 cm³/mol. The van der Waals surface area contributed by atoms with Crippen LogP contribution < -0.4 is 5.32 Å². The number of alkyl halides is 3. The Kier molecular flexibility index (Phi) is 3.54. The lowest BCUT2D eigenvalue weighted by molar-refractivity contribution is -0.226. The Bertz CT molecular complexity index is 521. The summed E-state index contributed by atoms with van der Waals surface area (Å²) in [6.07, 6.45) is -5.59. The summed E-state index contributed by atoms with van der Waals surface area (Å²) in [5.41, 5.74) is -1.57. The standard InChI is InChI=1S/C9H9F3N4O3S/c10-9(11,12)8(5(17)18)1-2-16(3-8)7(19)14-6-15-13-4-20-6/h4H,1-3H2,(H,17,18)(H,14,15,19). The minimum atomic E-state index is -4.92. The molecule has 1 fully saturated rings. The van der Waals surface area contributed by atoms with Gasteiger partial charge in [-0.05, 0) is 6.42 Å².